The minimum atomic E-state index is -1.95. The number of rotatable bonds is 2. The number of Topliss-reactive ketones (excluding diaryl/α,β-unsaturated/α-hetero) is 1. The van der Waals surface area contributed by atoms with E-state index in [1.807, 2.05) is 0 Å². The Labute approximate surface area is 73.4 Å². The third kappa shape index (κ3) is 4.14. The fourth-order valence-electron chi connectivity index (χ4n) is 0.0915. The van der Waals surface area contributed by atoms with Gasteiger partial charge >= 0.3 is 47.3 Å². The Morgan fingerprint density at radius 3 is 1.22 bits per heavy atom. The first-order chi connectivity index (χ1) is 3.55. The van der Waals surface area contributed by atoms with Crippen LogP contribution in [0.25, 0.3) is 0 Å². The van der Waals surface area contributed by atoms with Crippen LogP contribution in [0.4, 0.5) is 0 Å². The molecule has 0 atom stereocenters. The zero-order valence-corrected chi connectivity index (χ0v) is 6.62. The van der Waals surface area contributed by atoms with Crippen molar-refractivity contribution >= 4 is 17.7 Å². The summed E-state index contributed by atoms with van der Waals surface area (Å²) >= 11 is 0. The molecule has 0 aliphatic carbocycles. The largest absolute Gasteiger partial charge is 1.00 e. The van der Waals surface area contributed by atoms with Gasteiger partial charge in [0.2, 0.25) is 0 Å². The van der Waals surface area contributed by atoms with Crippen LogP contribution in [0, 0.1) is 0 Å². The van der Waals surface area contributed by atoms with Crippen molar-refractivity contribution in [3.63, 3.8) is 0 Å². The molecule has 9 heavy (non-hydrogen) atoms. The zero-order valence-electron chi connectivity index (χ0n) is 5.62. The average molecular weight is 142 g/mol. The van der Waals surface area contributed by atoms with E-state index in [2.05, 4.69) is 0 Å². The second kappa shape index (κ2) is 4.49. The van der Waals surface area contributed by atoms with Crippen LogP contribution >= 0.6 is 0 Å². The second-order valence-corrected chi connectivity index (χ2v) is 0.939. The van der Waals surface area contributed by atoms with Gasteiger partial charge in [-0.3, -0.25) is 4.79 Å². The molecule has 6 heteroatoms. The Morgan fingerprint density at radius 2 is 1.22 bits per heavy atom. The maximum atomic E-state index is 9.64. The van der Waals surface area contributed by atoms with Gasteiger partial charge in [-0.2, -0.15) is 0 Å². The number of carbonyl (C=O) groups excluding carboxylic acids is 1. The molecule has 0 aromatic carbocycles. The van der Waals surface area contributed by atoms with Crippen molar-refractivity contribution in [3.05, 3.63) is 0 Å². The molecule has 2 N–H and O–H groups in total. The van der Waals surface area contributed by atoms with Crippen LogP contribution in [0.2, 0.25) is 0 Å². The molecule has 0 spiro atoms. The van der Waals surface area contributed by atoms with E-state index >= 15 is 0 Å². The van der Waals surface area contributed by atoms with Gasteiger partial charge in [0.15, 0.2) is 0 Å². The van der Waals surface area contributed by atoms with E-state index < -0.39 is 17.7 Å². The van der Waals surface area contributed by atoms with Crippen molar-refractivity contribution in [2.24, 2.45) is 0 Å². The summed E-state index contributed by atoms with van der Waals surface area (Å²) in [5.74, 6) is -5.71. The van der Waals surface area contributed by atoms with E-state index in [1.165, 1.54) is 0 Å². The van der Waals surface area contributed by atoms with Gasteiger partial charge in [0.05, 0.1) is 0 Å². The summed E-state index contributed by atoms with van der Waals surface area (Å²) in [6, 6.07) is 0. The summed E-state index contributed by atoms with van der Waals surface area (Å²) in [7, 11) is 0. The molecular formula is C3H3NaO5. The van der Waals surface area contributed by atoms with Crippen LogP contribution in [0.5, 0.6) is 0 Å². The molecule has 0 aromatic heterocycles. The third-order valence-corrected chi connectivity index (χ3v) is 0.388. The predicted octanol–water partition coefficient (Wildman–Crippen LogP) is -4.16. The Bertz CT molecular complexity index is 139. The smallest absolute Gasteiger partial charge is 1.00 e. The SMILES string of the molecule is O=C(O)C(=O)C(=O)O.[H-].[Na+]. The molecule has 0 bridgehead atoms. The maximum absolute atomic E-state index is 9.64. The number of carbonyl (C=O) groups is 3. The summed E-state index contributed by atoms with van der Waals surface area (Å²) in [4.78, 5) is 28.5. The van der Waals surface area contributed by atoms with Crippen molar-refractivity contribution in [1.29, 1.82) is 0 Å². The summed E-state index contributed by atoms with van der Waals surface area (Å²) < 4.78 is 0. The van der Waals surface area contributed by atoms with E-state index in [0.717, 1.165) is 0 Å². The van der Waals surface area contributed by atoms with Gasteiger partial charge in [-0.05, 0) is 0 Å². The Kier molecular flexibility index (Phi) is 5.69. The van der Waals surface area contributed by atoms with Crippen LogP contribution in [0.15, 0.2) is 0 Å². The third-order valence-electron chi connectivity index (χ3n) is 0.388. The fraction of sp³-hybridized carbons (Fsp3) is 0. The van der Waals surface area contributed by atoms with E-state index in [4.69, 9.17) is 10.2 Å². The molecule has 0 unspecified atom stereocenters. The van der Waals surface area contributed by atoms with Gasteiger partial charge in [-0.1, -0.05) is 0 Å². The second-order valence-electron chi connectivity index (χ2n) is 0.939. The Morgan fingerprint density at radius 1 is 1.00 bits per heavy atom. The topological polar surface area (TPSA) is 91.7 Å². The van der Waals surface area contributed by atoms with E-state index in [0.29, 0.717) is 0 Å². The van der Waals surface area contributed by atoms with Gasteiger partial charge in [0.1, 0.15) is 0 Å². The zero-order chi connectivity index (χ0) is 6.73. The van der Waals surface area contributed by atoms with Crippen LogP contribution in [-0.4, -0.2) is 27.9 Å². The molecule has 0 saturated heterocycles. The molecule has 0 aromatic rings. The van der Waals surface area contributed by atoms with Crippen molar-refractivity contribution in [1.82, 2.24) is 0 Å². The van der Waals surface area contributed by atoms with Gasteiger partial charge < -0.3 is 11.6 Å². The van der Waals surface area contributed by atoms with Gasteiger partial charge in [-0.25, -0.2) is 9.59 Å². The molecular weight excluding hydrogens is 139 g/mol. The van der Waals surface area contributed by atoms with Gasteiger partial charge in [0.25, 0.3) is 0 Å². The summed E-state index contributed by atoms with van der Waals surface area (Å²) in [6.45, 7) is 0. The Hall–Kier alpha value is -0.390. The number of ketones is 1. The van der Waals surface area contributed by atoms with Crippen molar-refractivity contribution < 1.29 is 55.6 Å². The van der Waals surface area contributed by atoms with Crippen molar-refractivity contribution in [2.45, 2.75) is 0 Å². The van der Waals surface area contributed by atoms with Crippen molar-refractivity contribution in [3.8, 4) is 0 Å². The predicted molar refractivity (Wildman–Crippen MR) is 21.4 cm³/mol. The number of aliphatic carboxylic acids is 2. The first kappa shape index (κ1) is 11.4. The monoisotopic (exact) mass is 142 g/mol. The maximum Gasteiger partial charge on any atom is 1.00 e. The summed E-state index contributed by atoms with van der Waals surface area (Å²) in [5, 5.41) is 15.2. The molecule has 0 fully saturated rings. The quantitative estimate of drug-likeness (QED) is 0.232. The molecule has 0 saturated carbocycles. The minimum Gasteiger partial charge on any atom is -1.00 e. The van der Waals surface area contributed by atoms with E-state index in [9.17, 15) is 14.4 Å². The van der Waals surface area contributed by atoms with Crippen LogP contribution in [0.1, 0.15) is 1.43 Å². The molecule has 0 radical (unpaired) electrons. The standard InChI is InChI=1S/C3H2O5.Na.H/c4-1(2(5)6)3(7)8;;/h(H,5,6)(H,7,8);;/q;+1;-1. The van der Waals surface area contributed by atoms with Crippen LogP contribution in [0.3, 0.4) is 0 Å². The number of carboxylic acid groups (broad SMARTS) is 2. The Balaban J connectivity index is -0.000000245. The van der Waals surface area contributed by atoms with Gasteiger partial charge in [-0.15, -0.1) is 0 Å². The molecule has 0 rings (SSSR count). The van der Waals surface area contributed by atoms with Gasteiger partial charge in [0, 0.05) is 0 Å². The molecule has 0 aliphatic rings. The normalized spacial score (nSPS) is 7.11. The van der Waals surface area contributed by atoms with E-state index in [1.54, 1.807) is 0 Å². The average Bonchev–Trinajstić information content (AvgIpc) is 1.64. The fourth-order valence-corrected chi connectivity index (χ4v) is 0.0915. The summed E-state index contributed by atoms with van der Waals surface area (Å²) in [6.07, 6.45) is 0. The molecule has 0 amide bonds. The van der Waals surface area contributed by atoms with E-state index in [-0.39, 0.29) is 31.0 Å². The number of hydrogen-bond acceptors (Lipinski definition) is 3. The first-order valence-electron chi connectivity index (χ1n) is 1.56. The number of carboxylic acids is 2. The summed E-state index contributed by atoms with van der Waals surface area (Å²) in [5.41, 5.74) is 0. The molecule has 5 nitrogen and oxygen atoms in total. The minimum absolute atomic E-state index is 0. The molecule has 0 heterocycles. The molecule has 46 valence electrons. The first-order valence-corrected chi connectivity index (χ1v) is 1.56. The molecule has 0 aliphatic heterocycles. The van der Waals surface area contributed by atoms with Crippen LogP contribution in [-0.2, 0) is 14.4 Å². The number of hydrogen-bond donors (Lipinski definition) is 2. The van der Waals surface area contributed by atoms with Crippen molar-refractivity contribution in [2.75, 3.05) is 0 Å². The van der Waals surface area contributed by atoms with Crippen LogP contribution < -0.4 is 29.6 Å².